The topological polar surface area (TPSA) is 98.5 Å². The van der Waals surface area contributed by atoms with E-state index in [1.165, 1.54) is 0 Å². The van der Waals surface area contributed by atoms with E-state index in [1.54, 1.807) is 37.6 Å². The molecule has 1 heterocycles. The molecular formula is C19H19N5O2. The summed E-state index contributed by atoms with van der Waals surface area (Å²) >= 11 is 0. The third kappa shape index (κ3) is 4.25. The van der Waals surface area contributed by atoms with Crippen LogP contribution in [0, 0.1) is 11.3 Å². The molecule has 1 amide bonds. The lowest BCUT2D eigenvalue weighted by atomic mass is 10.0. The molecule has 1 fully saturated rings. The Labute approximate surface area is 151 Å². The molecule has 1 aliphatic rings. The fourth-order valence-electron chi connectivity index (χ4n) is 2.68. The first kappa shape index (κ1) is 17.6. The number of ether oxygens (including phenoxy) is 1. The minimum absolute atomic E-state index is 0.0409. The Hall–Kier alpha value is -3.21. The molecule has 1 saturated heterocycles. The number of hydrazine groups is 1. The van der Waals surface area contributed by atoms with E-state index in [2.05, 4.69) is 27.4 Å². The van der Waals surface area contributed by atoms with E-state index >= 15 is 0 Å². The number of nitrogens with one attached hydrogen (secondary N) is 3. The molecule has 7 nitrogen and oxygen atoms in total. The van der Waals surface area contributed by atoms with Crippen molar-refractivity contribution in [1.82, 2.24) is 16.3 Å². The number of carbonyl (C=O) groups is 1. The van der Waals surface area contributed by atoms with Crippen LogP contribution in [0.25, 0.3) is 0 Å². The van der Waals surface area contributed by atoms with E-state index in [0.29, 0.717) is 12.0 Å². The highest BCUT2D eigenvalue weighted by atomic mass is 16.5. The van der Waals surface area contributed by atoms with Crippen LogP contribution >= 0.6 is 0 Å². The van der Waals surface area contributed by atoms with Crippen molar-refractivity contribution in [3.8, 4) is 11.8 Å². The molecule has 7 heteroatoms. The minimum Gasteiger partial charge on any atom is -0.497 e. The second kappa shape index (κ2) is 8.25. The Bertz CT molecular complexity index is 825. The van der Waals surface area contributed by atoms with Gasteiger partial charge in [-0.25, -0.2) is 16.3 Å². The lowest BCUT2D eigenvalue weighted by Gasteiger charge is -2.10. The Morgan fingerprint density at radius 1 is 1.23 bits per heavy atom. The maximum absolute atomic E-state index is 12.2. The summed E-state index contributed by atoms with van der Waals surface area (Å²) in [5.74, 6) is 0.588. The van der Waals surface area contributed by atoms with Gasteiger partial charge in [0.25, 0.3) is 5.91 Å². The Morgan fingerprint density at radius 2 is 1.96 bits per heavy atom. The summed E-state index contributed by atoms with van der Waals surface area (Å²) in [5, 5.41) is 12.7. The molecule has 0 saturated carbocycles. The molecule has 0 aromatic heterocycles. The molecule has 2 atom stereocenters. The molecule has 2 aromatic rings. The molecule has 2 unspecified atom stereocenters. The van der Waals surface area contributed by atoms with E-state index in [9.17, 15) is 4.79 Å². The summed E-state index contributed by atoms with van der Waals surface area (Å²) in [5.41, 5.74) is 11.1. The maximum Gasteiger partial charge on any atom is 0.258 e. The van der Waals surface area contributed by atoms with Crippen LogP contribution in [-0.2, 0) is 4.79 Å². The van der Waals surface area contributed by atoms with Crippen LogP contribution in [0.4, 0.5) is 0 Å². The van der Waals surface area contributed by atoms with Crippen molar-refractivity contribution in [2.75, 3.05) is 7.11 Å². The molecule has 3 rings (SSSR count). The smallest absolute Gasteiger partial charge is 0.258 e. The van der Waals surface area contributed by atoms with Crippen molar-refractivity contribution in [2.24, 2.45) is 5.10 Å². The zero-order valence-electron chi connectivity index (χ0n) is 14.3. The third-order valence-electron chi connectivity index (χ3n) is 4.17. The Balaban J connectivity index is 1.52. The quantitative estimate of drug-likeness (QED) is 0.563. The number of rotatable bonds is 5. The summed E-state index contributed by atoms with van der Waals surface area (Å²) in [4.78, 5) is 12.2. The van der Waals surface area contributed by atoms with Gasteiger partial charge >= 0.3 is 0 Å². The Kier molecular flexibility index (Phi) is 5.59. The van der Waals surface area contributed by atoms with E-state index in [4.69, 9.17) is 10.00 Å². The molecule has 3 N–H and O–H groups in total. The number of carbonyl (C=O) groups excluding carboxylic acids is 1. The highest BCUT2D eigenvalue weighted by Gasteiger charge is 2.29. The molecule has 0 spiro atoms. The monoisotopic (exact) mass is 349 g/mol. The zero-order chi connectivity index (χ0) is 18.4. The predicted octanol–water partition coefficient (Wildman–Crippen LogP) is 1.62. The minimum atomic E-state index is -0.375. The number of hydrogen-bond acceptors (Lipinski definition) is 6. The van der Waals surface area contributed by atoms with Gasteiger partial charge < -0.3 is 4.74 Å². The zero-order valence-corrected chi connectivity index (χ0v) is 14.3. The molecule has 0 radical (unpaired) electrons. The van der Waals surface area contributed by atoms with E-state index < -0.39 is 0 Å². The predicted molar refractivity (Wildman–Crippen MR) is 97.3 cm³/mol. The fraction of sp³-hybridized carbons (Fsp3) is 0.211. The normalized spacial score (nSPS) is 19.2. The molecule has 0 bridgehead atoms. The highest BCUT2D eigenvalue weighted by molar-refractivity contribution is 5.85. The second-order valence-electron chi connectivity index (χ2n) is 5.87. The number of benzene rings is 2. The number of hydrazone groups is 1. The number of nitriles is 1. The summed E-state index contributed by atoms with van der Waals surface area (Å²) in [7, 11) is 1.63. The molecular weight excluding hydrogens is 330 g/mol. The molecule has 1 aliphatic heterocycles. The fourth-order valence-corrected chi connectivity index (χ4v) is 2.68. The van der Waals surface area contributed by atoms with Crippen LogP contribution < -0.4 is 21.0 Å². The maximum atomic E-state index is 12.2. The summed E-state index contributed by atoms with van der Waals surface area (Å²) in [6.07, 6.45) is 2.16. The number of hydrogen-bond donors (Lipinski definition) is 3. The van der Waals surface area contributed by atoms with Crippen LogP contribution in [0.2, 0.25) is 0 Å². The van der Waals surface area contributed by atoms with Gasteiger partial charge in [-0.3, -0.25) is 4.79 Å². The van der Waals surface area contributed by atoms with Gasteiger partial charge in [0, 0.05) is 6.04 Å². The second-order valence-corrected chi connectivity index (χ2v) is 5.87. The van der Waals surface area contributed by atoms with Crippen molar-refractivity contribution in [3.63, 3.8) is 0 Å². The van der Waals surface area contributed by atoms with Crippen molar-refractivity contribution < 1.29 is 9.53 Å². The lowest BCUT2D eigenvalue weighted by Crippen LogP contribution is -2.41. The van der Waals surface area contributed by atoms with Crippen molar-refractivity contribution in [2.45, 2.75) is 18.5 Å². The summed E-state index contributed by atoms with van der Waals surface area (Å²) < 4.78 is 5.15. The van der Waals surface area contributed by atoms with E-state index in [1.807, 2.05) is 24.3 Å². The number of amides is 1. The van der Waals surface area contributed by atoms with Gasteiger partial charge in [0.15, 0.2) is 0 Å². The van der Waals surface area contributed by atoms with Gasteiger partial charge in [-0.2, -0.15) is 10.4 Å². The molecule has 132 valence electrons. The van der Waals surface area contributed by atoms with Gasteiger partial charge in [0.1, 0.15) is 11.8 Å². The van der Waals surface area contributed by atoms with Gasteiger partial charge in [-0.05, 0) is 41.8 Å². The molecule has 26 heavy (non-hydrogen) atoms. The number of methoxy groups -OCH3 is 1. The summed E-state index contributed by atoms with van der Waals surface area (Å²) in [6.45, 7) is 0. The van der Waals surface area contributed by atoms with Crippen LogP contribution in [0.1, 0.15) is 29.2 Å². The average Bonchev–Trinajstić information content (AvgIpc) is 3.19. The Morgan fingerprint density at radius 3 is 2.62 bits per heavy atom. The summed E-state index contributed by atoms with van der Waals surface area (Å²) in [6, 6.07) is 16.4. The van der Waals surface area contributed by atoms with Gasteiger partial charge in [-0.1, -0.05) is 24.3 Å². The van der Waals surface area contributed by atoms with Crippen molar-refractivity contribution in [1.29, 1.82) is 5.26 Å². The van der Waals surface area contributed by atoms with Crippen molar-refractivity contribution in [3.05, 3.63) is 65.2 Å². The molecule has 0 aliphatic carbocycles. The first-order valence-corrected chi connectivity index (χ1v) is 8.17. The third-order valence-corrected chi connectivity index (χ3v) is 4.17. The van der Waals surface area contributed by atoms with E-state index in [0.717, 1.165) is 16.9 Å². The largest absolute Gasteiger partial charge is 0.497 e. The standard InChI is InChI=1S/C19H19N5O2/c1-26-16-8-6-15(7-9-16)17-10-18(23-22-17)19(25)24-21-12-14-4-2-13(11-20)3-5-14/h2-9,12,17-18,22-23H,10H2,1H3,(H,24,25)/b21-12+. The lowest BCUT2D eigenvalue weighted by molar-refractivity contribution is -0.122. The van der Waals surface area contributed by atoms with Gasteiger partial charge in [0.2, 0.25) is 0 Å². The highest BCUT2D eigenvalue weighted by Crippen LogP contribution is 2.24. The van der Waals surface area contributed by atoms with Gasteiger partial charge in [0.05, 0.1) is 25.0 Å². The van der Waals surface area contributed by atoms with E-state index in [-0.39, 0.29) is 18.0 Å². The number of nitrogens with zero attached hydrogens (tertiary/aromatic N) is 2. The average molecular weight is 349 g/mol. The van der Waals surface area contributed by atoms with Crippen LogP contribution in [0.5, 0.6) is 5.75 Å². The van der Waals surface area contributed by atoms with Crippen LogP contribution in [-0.4, -0.2) is 25.3 Å². The van der Waals surface area contributed by atoms with Crippen LogP contribution in [0.3, 0.4) is 0 Å². The van der Waals surface area contributed by atoms with Crippen LogP contribution in [0.15, 0.2) is 53.6 Å². The van der Waals surface area contributed by atoms with Gasteiger partial charge in [-0.15, -0.1) is 0 Å². The first-order valence-electron chi connectivity index (χ1n) is 8.17. The van der Waals surface area contributed by atoms with Crippen molar-refractivity contribution >= 4 is 12.1 Å². The SMILES string of the molecule is COc1ccc(C2CC(C(=O)N/N=C/c3ccc(C#N)cc3)NN2)cc1. The first-order chi connectivity index (χ1) is 12.7. The molecule has 2 aromatic carbocycles.